The fourth-order valence-electron chi connectivity index (χ4n) is 5.09. The molecule has 2 aromatic carbocycles. The minimum absolute atomic E-state index is 0.0139. The number of nitrogens with one attached hydrogen (secondary N) is 3. The number of guanidine groups is 1. The Kier molecular flexibility index (Phi) is 13.6. The summed E-state index contributed by atoms with van der Waals surface area (Å²) in [5, 5.41) is 28.7. The van der Waals surface area contributed by atoms with Crippen molar-refractivity contribution in [2.45, 2.75) is 63.1 Å². The highest BCUT2D eigenvalue weighted by Crippen LogP contribution is 2.21. The molecule has 1 saturated heterocycles. The van der Waals surface area contributed by atoms with Gasteiger partial charge in [0.05, 0.1) is 18.5 Å². The molecule has 0 bridgehead atoms. The number of nitro groups is 1. The lowest BCUT2D eigenvalue weighted by Crippen LogP contribution is -2.56. The van der Waals surface area contributed by atoms with Crippen LogP contribution in [0.5, 0.6) is 5.75 Å². The van der Waals surface area contributed by atoms with Crippen LogP contribution in [0.25, 0.3) is 0 Å². The number of methoxy groups -OCH3 is 1. The second kappa shape index (κ2) is 17.8. The maximum absolute atomic E-state index is 13.8. The molecule has 4 amide bonds. The van der Waals surface area contributed by atoms with E-state index < -0.39 is 52.6 Å². The molecule has 1 aliphatic rings. The molecule has 1 aliphatic heterocycles. The Balaban J connectivity index is 1.78. The lowest BCUT2D eigenvalue weighted by atomic mass is 10.0. The normalized spacial score (nSPS) is 15.0. The van der Waals surface area contributed by atoms with Crippen LogP contribution in [-0.4, -0.2) is 88.8 Å². The van der Waals surface area contributed by atoms with Gasteiger partial charge in [-0.2, -0.15) is 0 Å². The predicted molar refractivity (Wildman–Crippen MR) is 173 cm³/mol. The number of nitrogens with two attached hydrogens (primary N) is 2. The summed E-state index contributed by atoms with van der Waals surface area (Å²) in [5.41, 5.74) is 11.5. The first-order valence-corrected chi connectivity index (χ1v) is 15.2. The SMILES string of the molecule is COC(=O)CCC(=O)NC(CCCN=C(N)N)C(=O)N1CCCC1C(=O)NC(Cc1ccc(O)cc1)C(=O)Nc1ccc([N+](=O)[O-])cc1. The van der Waals surface area contributed by atoms with Crippen LogP contribution in [0.15, 0.2) is 53.5 Å². The van der Waals surface area contributed by atoms with E-state index >= 15 is 0 Å². The molecule has 17 nitrogen and oxygen atoms in total. The minimum atomic E-state index is -1.14. The van der Waals surface area contributed by atoms with E-state index in [0.717, 1.165) is 0 Å². The number of phenols is 1. The van der Waals surface area contributed by atoms with E-state index in [1.165, 1.54) is 48.4 Å². The summed E-state index contributed by atoms with van der Waals surface area (Å²) in [6.07, 6.45) is 0.880. The third-order valence-electron chi connectivity index (χ3n) is 7.56. The molecule has 3 rings (SSSR count). The van der Waals surface area contributed by atoms with Gasteiger partial charge in [-0.15, -0.1) is 0 Å². The van der Waals surface area contributed by atoms with E-state index in [1.807, 2.05) is 0 Å². The van der Waals surface area contributed by atoms with Gasteiger partial charge in [-0.1, -0.05) is 12.1 Å². The number of benzene rings is 2. The van der Waals surface area contributed by atoms with Gasteiger partial charge < -0.3 is 42.2 Å². The lowest BCUT2D eigenvalue weighted by molar-refractivity contribution is -0.384. The van der Waals surface area contributed by atoms with E-state index in [-0.39, 0.29) is 61.9 Å². The topological polar surface area (TPSA) is 262 Å². The third kappa shape index (κ3) is 11.3. The number of anilines is 1. The molecule has 2 aromatic rings. The molecule has 0 aromatic heterocycles. The van der Waals surface area contributed by atoms with Gasteiger partial charge in [0.15, 0.2) is 5.96 Å². The number of phenolic OH excluding ortho intramolecular Hbond substituents is 1. The first kappa shape index (κ1) is 36.7. The van der Waals surface area contributed by atoms with Crippen LogP contribution in [-0.2, 0) is 35.1 Å². The Morgan fingerprint density at radius 2 is 1.73 bits per heavy atom. The van der Waals surface area contributed by atoms with Gasteiger partial charge in [-0.25, -0.2) is 0 Å². The van der Waals surface area contributed by atoms with Gasteiger partial charge in [0.25, 0.3) is 5.69 Å². The summed E-state index contributed by atoms with van der Waals surface area (Å²) in [6.45, 7) is 0.411. The van der Waals surface area contributed by atoms with Crippen LogP contribution in [0.2, 0.25) is 0 Å². The molecular weight excluding hydrogens is 628 g/mol. The molecule has 1 fully saturated rings. The van der Waals surface area contributed by atoms with Crippen molar-refractivity contribution in [1.29, 1.82) is 0 Å². The molecule has 17 heteroatoms. The van der Waals surface area contributed by atoms with Gasteiger partial charge in [0, 0.05) is 43.8 Å². The number of hydrogen-bond acceptors (Lipinski definition) is 10. The van der Waals surface area contributed by atoms with Gasteiger partial charge in [-0.05, 0) is 55.5 Å². The third-order valence-corrected chi connectivity index (χ3v) is 7.56. The highest BCUT2D eigenvalue weighted by Gasteiger charge is 2.38. The highest BCUT2D eigenvalue weighted by atomic mass is 16.6. The quantitative estimate of drug-likeness (QED) is 0.0357. The maximum Gasteiger partial charge on any atom is 0.306 e. The zero-order chi connectivity index (χ0) is 35.2. The Bertz CT molecular complexity index is 1490. The fourth-order valence-corrected chi connectivity index (χ4v) is 5.09. The van der Waals surface area contributed by atoms with E-state index in [2.05, 4.69) is 25.7 Å². The number of carbonyl (C=O) groups is 5. The van der Waals surface area contributed by atoms with Crippen molar-refractivity contribution in [1.82, 2.24) is 15.5 Å². The highest BCUT2D eigenvalue weighted by molar-refractivity contribution is 5.99. The molecule has 1 heterocycles. The number of aliphatic imine (C=N–C) groups is 1. The van der Waals surface area contributed by atoms with Crippen molar-refractivity contribution in [3.63, 3.8) is 0 Å². The Hall–Kier alpha value is -5.74. The molecule has 3 unspecified atom stereocenters. The second-order valence-corrected chi connectivity index (χ2v) is 11.1. The summed E-state index contributed by atoms with van der Waals surface area (Å²) < 4.78 is 4.57. The van der Waals surface area contributed by atoms with Crippen molar-refractivity contribution < 1.29 is 38.7 Å². The standard InChI is InChI=1S/C31H40N8O9/c1-48-27(42)15-14-26(41)36-23(4-2-16-34-31(32)33)30(45)38-17-3-5-25(38)29(44)37-24(18-19-6-12-22(40)13-7-19)28(43)35-20-8-10-21(11-9-20)39(46)47/h6-13,23-25,40H,2-5,14-18H2,1H3,(H,35,43)(H,36,41)(H,37,44)(H4,32,33,34). The molecule has 258 valence electrons. The maximum atomic E-state index is 13.8. The number of hydrogen-bond donors (Lipinski definition) is 6. The molecule has 0 spiro atoms. The number of nitro benzene ring substituents is 1. The Morgan fingerprint density at radius 3 is 2.35 bits per heavy atom. The average molecular weight is 669 g/mol. The Labute approximate surface area is 276 Å². The van der Waals surface area contributed by atoms with Crippen LogP contribution < -0.4 is 27.4 Å². The molecule has 48 heavy (non-hydrogen) atoms. The van der Waals surface area contributed by atoms with Gasteiger partial charge >= 0.3 is 5.97 Å². The van der Waals surface area contributed by atoms with Crippen molar-refractivity contribution in [2.24, 2.45) is 16.5 Å². The van der Waals surface area contributed by atoms with Gasteiger partial charge in [-0.3, -0.25) is 39.1 Å². The average Bonchev–Trinajstić information content (AvgIpc) is 3.56. The first-order valence-electron chi connectivity index (χ1n) is 15.2. The number of carbonyl (C=O) groups excluding carboxylic acids is 5. The zero-order valence-electron chi connectivity index (χ0n) is 26.4. The number of ether oxygens (including phenoxy) is 1. The first-order chi connectivity index (χ1) is 22.9. The summed E-state index contributed by atoms with van der Waals surface area (Å²) >= 11 is 0. The summed E-state index contributed by atoms with van der Waals surface area (Å²) in [4.78, 5) is 80.8. The molecular formula is C31H40N8O9. The predicted octanol–water partition coefficient (Wildman–Crippen LogP) is 0.449. The fraction of sp³-hybridized carbons (Fsp3) is 0.419. The van der Waals surface area contributed by atoms with Crippen LogP contribution in [0.3, 0.4) is 0 Å². The molecule has 0 radical (unpaired) electrons. The van der Waals surface area contributed by atoms with E-state index in [9.17, 15) is 39.2 Å². The van der Waals surface area contributed by atoms with Crippen molar-refractivity contribution >= 4 is 46.9 Å². The van der Waals surface area contributed by atoms with E-state index in [4.69, 9.17) is 11.5 Å². The number of aromatic hydroxyl groups is 1. The smallest absolute Gasteiger partial charge is 0.306 e. The summed E-state index contributed by atoms with van der Waals surface area (Å²) in [7, 11) is 1.20. The second-order valence-electron chi connectivity index (χ2n) is 11.1. The number of nitrogens with zero attached hydrogens (tertiary/aromatic N) is 3. The largest absolute Gasteiger partial charge is 0.508 e. The summed E-state index contributed by atoms with van der Waals surface area (Å²) in [5.74, 6) is -2.99. The van der Waals surface area contributed by atoms with Gasteiger partial charge in [0.2, 0.25) is 23.6 Å². The monoisotopic (exact) mass is 668 g/mol. The molecule has 0 saturated carbocycles. The van der Waals surface area contributed by atoms with Crippen molar-refractivity contribution in [2.75, 3.05) is 25.5 Å². The van der Waals surface area contributed by atoms with Gasteiger partial charge in [0.1, 0.15) is 23.9 Å². The lowest BCUT2D eigenvalue weighted by Gasteiger charge is -2.30. The number of rotatable bonds is 16. The zero-order valence-corrected chi connectivity index (χ0v) is 26.4. The van der Waals surface area contributed by atoms with Crippen LogP contribution in [0.4, 0.5) is 11.4 Å². The van der Waals surface area contributed by atoms with Crippen molar-refractivity contribution in [3.8, 4) is 5.75 Å². The summed E-state index contributed by atoms with van der Waals surface area (Å²) in [6, 6.07) is 8.10. The number of likely N-dealkylation sites (tertiary alicyclic amines) is 1. The molecule has 8 N–H and O–H groups in total. The van der Waals surface area contributed by atoms with Crippen molar-refractivity contribution in [3.05, 3.63) is 64.2 Å². The number of non-ortho nitro benzene ring substituents is 1. The van der Waals surface area contributed by atoms with Crippen LogP contribution in [0, 0.1) is 10.1 Å². The van der Waals surface area contributed by atoms with E-state index in [1.54, 1.807) is 12.1 Å². The molecule has 3 atom stereocenters. The minimum Gasteiger partial charge on any atom is -0.508 e. The Morgan fingerprint density at radius 1 is 1.04 bits per heavy atom. The number of amides is 4. The molecule has 0 aliphatic carbocycles. The van der Waals surface area contributed by atoms with Crippen LogP contribution in [0.1, 0.15) is 44.1 Å². The number of esters is 1. The van der Waals surface area contributed by atoms with E-state index in [0.29, 0.717) is 24.8 Å². The van der Waals surface area contributed by atoms with Crippen LogP contribution >= 0.6 is 0 Å².